The van der Waals surface area contributed by atoms with Crippen molar-refractivity contribution in [2.45, 2.75) is 58.1 Å². The molecule has 1 fully saturated rings. The average molecular weight is 384 g/mol. The van der Waals surface area contributed by atoms with Gasteiger partial charge in [0.15, 0.2) is 0 Å². The number of rotatable bonds is 12. The molecule has 0 amide bonds. The summed E-state index contributed by atoms with van der Waals surface area (Å²) in [4.78, 5) is 0. The van der Waals surface area contributed by atoms with Crippen LogP contribution in [0.15, 0.2) is 48.5 Å². The van der Waals surface area contributed by atoms with Gasteiger partial charge in [0.1, 0.15) is 18.1 Å². The maximum atomic E-state index is 5.88. The number of hydrogen-bond donors (Lipinski definition) is 1. The molecular weight excluding hydrogens is 350 g/mol. The van der Waals surface area contributed by atoms with E-state index in [1.807, 2.05) is 18.2 Å². The fraction of sp³-hybridized carbons (Fsp3) is 0.500. The summed E-state index contributed by atoms with van der Waals surface area (Å²) in [7, 11) is 0. The van der Waals surface area contributed by atoms with E-state index in [1.54, 1.807) is 0 Å². The number of hydrogen-bond acceptors (Lipinski definition) is 4. The van der Waals surface area contributed by atoms with Gasteiger partial charge < -0.3 is 19.5 Å². The average Bonchev–Trinajstić information content (AvgIpc) is 3.25. The predicted molar refractivity (Wildman–Crippen MR) is 114 cm³/mol. The number of benzene rings is 2. The zero-order valence-corrected chi connectivity index (χ0v) is 17.0. The Morgan fingerprint density at radius 2 is 1.89 bits per heavy atom. The highest BCUT2D eigenvalue weighted by atomic mass is 16.5. The molecule has 1 heterocycles. The quantitative estimate of drug-likeness (QED) is 0.469. The smallest absolute Gasteiger partial charge is 0.121 e. The maximum absolute atomic E-state index is 5.88. The largest absolute Gasteiger partial charge is 0.494 e. The first kappa shape index (κ1) is 20.5. The predicted octanol–water partition coefficient (Wildman–Crippen LogP) is 5.82. The minimum atomic E-state index is 0.240. The van der Waals surface area contributed by atoms with Gasteiger partial charge in [-0.15, -0.1) is 0 Å². The van der Waals surface area contributed by atoms with Crippen LogP contribution in [0.25, 0.3) is 0 Å². The zero-order chi connectivity index (χ0) is 19.4. The first-order valence-electron chi connectivity index (χ1n) is 10.6. The summed E-state index contributed by atoms with van der Waals surface area (Å²) in [5.74, 6) is 1.83. The molecule has 4 heteroatoms. The molecule has 1 aliphatic rings. The van der Waals surface area contributed by atoms with E-state index < -0.39 is 0 Å². The van der Waals surface area contributed by atoms with Crippen molar-refractivity contribution >= 4 is 5.69 Å². The molecule has 0 saturated carbocycles. The Morgan fingerprint density at radius 1 is 1.00 bits per heavy atom. The molecule has 152 valence electrons. The zero-order valence-electron chi connectivity index (χ0n) is 17.0. The minimum Gasteiger partial charge on any atom is -0.494 e. The van der Waals surface area contributed by atoms with Crippen LogP contribution >= 0.6 is 0 Å². The van der Waals surface area contributed by atoms with Gasteiger partial charge in [-0.1, -0.05) is 44.4 Å². The molecule has 1 N–H and O–H groups in total. The van der Waals surface area contributed by atoms with Crippen LogP contribution in [0.3, 0.4) is 0 Å². The van der Waals surface area contributed by atoms with Crippen LogP contribution in [0.4, 0.5) is 5.69 Å². The SMILES string of the molecule is CCCCCCOc1ccc(CNc2cccc(OCC3CCCO3)c2)cc1. The van der Waals surface area contributed by atoms with E-state index in [2.05, 4.69) is 42.6 Å². The molecule has 0 spiro atoms. The Morgan fingerprint density at radius 3 is 2.68 bits per heavy atom. The van der Waals surface area contributed by atoms with Crippen molar-refractivity contribution in [1.82, 2.24) is 0 Å². The molecule has 0 bridgehead atoms. The Hall–Kier alpha value is -2.20. The van der Waals surface area contributed by atoms with Crippen molar-refractivity contribution in [2.24, 2.45) is 0 Å². The normalized spacial score (nSPS) is 16.1. The number of ether oxygens (including phenoxy) is 3. The van der Waals surface area contributed by atoms with Gasteiger partial charge >= 0.3 is 0 Å². The first-order valence-corrected chi connectivity index (χ1v) is 10.6. The van der Waals surface area contributed by atoms with E-state index in [4.69, 9.17) is 14.2 Å². The van der Waals surface area contributed by atoms with E-state index in [9.17, 15) is 0 Å². The van der Waals surface area contributed by atoms with Crippen molar-refractivity contribution in [1.29, 1.82) is 0 Å². The van der Waals surface area contributed by atoms with Crippen LogP contribution in [0.2, 0.25) is 0 Å². The number of anilines is 1. The van der Waals surface area contributed by atoms with Crippen molar-refractivity contribution < 1.29 is 14.2 Å². The summed E-state index contributed by atoms with van der Waals surface area (Å²) in [6.45, 7) is 5.28. The summed E-state index contributed by atoms with van der Waals surface area (Å²) in [6, 6.07) is 16.5. The summed E-state index contributed by atoms with van der Waals surface area (Å²) in [5.41, 5.74) is 2.28. The summed E-state index contributed by atoms with van der Waals surface area (Å²) < 4.78 is 17.3. The Balaban J connectivity index is 1.40. The van der Waals surface area contributed by atoms with Gasteiger partial charge in [0.05, 0.1) is 12.7 Å². The third-order valence-corrected chi connectivity index (χ3v) is 4.98. The van der Waals surface area contributed by atoms with Crippen LogP contribution in [0, 0.1) is 0 Å². The lowest BCUT2D eigenvalue weighted by atomic mass is 10.2. The summed E-state index contributed by atoms with van der Waals surface area (Å²) in [6.07, 6.45) is 7.38. The molecule has 1 atom stereocenters. The van der Waals surface area contributed by atoms with Gasteiger partial charge in [0.25, 0.3) is 0 Å². The Labute approximate surface area is 169 Å². The highest BCUT2D eigenvalue weighted by molar-refractivity contribution is 5.48. The minimum absolute atomic E-state index is 0.240. The fourth-order valence-electron chi connectivity index (χ4n) is 3.29. The van der Waals surface area contributed by atoms with Crippen molar-refractivity contribution in [2.75, 3.05) is 25.1 Å². The Kier molecular flexibility index (Phi) is 8.51. The molecule has 0 aromatic heterocycles. The van der Waals surface area contributed by atoms with Gasteiger partial charge in [0, 0.05) is 24.9 Å². The van der Waals surface area contributed by atoms with Gasteiger partial charge in [-0.2, -0.15) is 0 Å². The van der Waals surface area contributed by atoms with Crippen molar-refractivity contribution in [3.8, 4) is 11.5 Å². The highest BCUT2D eigenvalue weighted by Crippen LogP contribution is 2.21. The van der Waals surface area contributed by atoms with Crippen LogP contribution in [0.1, 0.15) is 51.0 Å². The van der Waals surface area contributed by atoms with E-state index in [-0.39, 0.29) is 6.10 Å². The third kappa shape index (κ3) is 7.08. The molecule has 2 aromatic rings. The number of unbranched alkanes of at least 4 members (excludes halogenated alkanes) is 3. The molecule has 2 aromatic carbocycles. The topological polar surface area (TPSA) is 39.7 Å². The second kappa shape index (κ2) is 11.6. The fourth-order valence-corrected chi connectivity index (χ4v) is 3.29. The number of nitrogens with one attached hydrogen (secondary N) is 1. The monoisotopic (exact) mass is 383 g/mol. The van der Waals surface area contributed by atoms with Crippen LogP contribution in [-0.2, 0) is 11.3 Å². The van der Waals surface area contributed by atoms with E-state index >= 15 is 0 Å². The second-order valence-electron chi connectivity index (χ2n) is 7.38. The second-order valence-corrected chi connectivity index (χ2v) is 7.38. The van der Waals surface area contributed by atoms with E-state index in [0.29, 0.717) is 6.61 Å². The lowest BCUT2D eigenvalue weighted by Crippen LogP contribution is -2.16. The molecule has 0 aliphatic carbocycles. The molecule has 3 rings (SSSR count). The van der Waals surface area contributed by atoms with Crippen LogP contribution in [0.5, 0.6) is 11.5 Å². The summed E-state index contributed by atoms with van der Waals surface area (Å²) >= 11 is 0. The standard InChI is InChI=1S/C24H33NO3/c1-2-3-4-5-15-26-22-13-11-20(12-14-22)18-25-21-8-6-9-23(17-21)28-19-24-10-7-16-27-24/h6,8-9,11-14,17,24-25H,2-5,7,10,15-16,18-19H2,1H3. The Bertz CT molecular complexity index is 681. The molecule has 28 heavy (non-hydrogen) atoms. The van der Waals surface area contributed by atoms with Crippen LogP contribution < -0.4 is 14.8 Å². The van der Waals surface area contributed by atoms with Crippen LogP contribution in [-0.4, -0.2) is 25.9 Å². The van der Waals surface area contributed by atoms with Gasteiger partial charge in [0.2, 0.25) is 0 Å². The first-order chi connectivity index (χ1) is 13.8. The van der Waals surface area contributed by atoms with E-state index in [1.165, 1.54) is 24.8 Å². The molecule has 4 nitrogen and oxygen atoms in total. The molecule has 1 unspecified atom stereocenters. The van der Waals surface area contributed by atoms with Gasteiger partial charge in [-0.25, -0.2) is 0 Å². The van der Waals surface area contributed by atoms with Gasteiger partial charge in [-0.3, -0.25) is 0 Å². The lowest BCUT2D eigenvalue weighted by Gasteiger charge is -2.13. The molecule has 1 aliphatic heterocycles. The third-order valence-electron chi connectivity index (χ3n) is 4.98. The maximum Gasteiger partial charge on any atom is 0.121 e. The van der Waals surface area contributed by atoms with Gasteiger partial charge in [-0.05, 0) is 49.1 Å². The van der Waals surface area contributed by atoms with Crippen molar-refractivity contribution in [3.05, 3.63) is 54.1 Å². The highest BCUT2D eigenvalue weighted by Gasteiger charge is 2.15. The summed E-state index contributed by atoms with van der Waals surface area (Å²) in [5, 5.41) is 3.46. The molecule has 0 radical (unpaired) electrons. The lowest BCUT2D eigenvalue weighted by molar-refractivity contribution is 0.0680. The molecule has 1 saturated heterocycles. The van der Waals surface area contributed by atoms with E-state index in [0.717, 1.165) is 56.2 Å². The van der Waals surface area contributed by atoms with Crippen molar-refractivity contribution in [3.63, 3.8) is 0 Å². The molecular formula is C24H33NO3.